The van der Waals surface area contributed by atoms with Crippen LogP contribution in [0.15, 0.2) is 53.5 Å². The molecule has 16 N–H and O–H groups in total. The van der Waals surface area contributed by atoms with E-state index in [1.165, 1.54) is 48.5 Å². The number of aliphatic imine (C=N–C) groups is 1. The van der Waals surface area contributed by atoms with Crippen molar-refractivity contribution in [1.82, 2.24) is 31.9 Å². The summed E-state index contributed by atoms with van der Waals surface area (Å²) in [6, 6.07) is 2.60. The van der Waals surface area contributed by atoms with Crippen molar-refractivity contribution in [3.63, 3.8) is 0 Å². The van der Waals surface area contributed by atoms with Crippen molar-refractivity contribution in [2.45, 2.75) is 120 Å². The molecule has 2 aromatic carbocycles. The molecule has 0 bridgehead atoms. The number of unbranched alkanes of at least 4 members (excludes halogenated alkanes) is 3. The predicted octanol–water partition coefficient (Wildman–Crippen LogP) is -1.35. The lowest BCUT2D eigenvalue weighted by molar-refractivity contribution is -0.385. The Kier molecular flexibility index (Phi) is 22.9. The van der Waals surface area contributed by atoms with Crippen molar-refractivity contribution in [2.75, 3.05) is 26.2 Å². The molecule has 1 fully saturated rings. The molecule has 24 heteroatoms. The fourth-order valence-corrected chi connectivity index (χ4v) is 7.09. The van der Waals surface area contributed by atoms with Crippen molar-refractivity contribution in [3.8, 4) is 0 Å². The summed E-state index contributed by atoms with van der Waals surface area (Å²) < 4.78 is 0. The molecule has 2 aromatic rings. The zero-order valence-electron chi connectivity index (χ0n) is 36.9. The van der Waals surface area contributed by atoms with Gasteiger partial charge in [-0.25, -0.2) is 0 Å². The van der Waals surface area contributed by atoms with E-state index >= 15 is 0 Å². The average Bonchev–Trinajstić information content (AvgIpc) is 3.28. The van der Waals surface area contributed by atoms with E-state index in [1.54, 1.807) is 0 Å². The number of amides is 6. The van der Waals surface area contributed by atoms with Gasteiger partial charge in [-0.2, -0.15) is 0 Å². The largest absolute Gasteiger partial charge is 0.370 e. The summed E-state index contributed by atoms with van der Waals surface area (Å²) in [5, 5.41) is 39.1. The average molecular weight is 925 g/mol. The Balaban J connectivity index is 2.20. The smallest absolute Gasteiger partial charge is 0.269 e. The fraction of sp³-hybridized carbons (Fsp3) is 0.548. The molecule has 66 heavy (non-hydrogen) atoms. The molecule has 0 unspecified atom stereocenters. The molecule has 1 aliphatic rings. The first-order valence-corrected chi connectivity index (χ1v) is 22.0. The van der Waals surface area contributed by atoms with Gasteiger partial charge in [0.1, 0.15) is 36.3 Å². The molecule has 1 saturated heterocycles. The van der Waals surface area contributed by atoms with Gasteiger partial charge >= 0.3 is 0 Å². The second-order valence-electron chi connectivity index (χ2n) is 15.9. The molecule has 1 aliphatic heterocycles. The number of carbonyl (C=O) groups is 6. The van der Waals surface area contributed by atoms with Crippen molar-refractivity contribution >= 4 is 52.8 Å². The summed E-state index contributed by atoms with van der Waals surface area (Å²) in [4.78, 5) is 111. The van der Waals surface area contributed by atoms with Crippen LogP contribution in [0.25, 0.3) is 0 Å². The number of hydrogen-bond acceptors (Lipinski definition) is 14. The maximum absolute atomic E-state index is 14.4. The highest BCUT2D eigenvalue weighted by molar-refractivity contribution is 5.98. The van der Waals surface area contributed by atoms with Gasteiger partial charge in [0.05, 0.1) is 9.85 Å². The first kappa shape index (κ1) is 53.5. The number of guanidine groups is 1. The van der Waals surface area contributed by atoms with E-state index in [9.17, 15) is 49.0 Å². The fourth-order valence-electron chi connectivity index (χ4n) is 7.09. The highest BCUT2D eigenvalue weighted by atomic mass is 16.6. The quantitative estimate of drug-likeness (QED) is 0.0214. The molecule has 0 aliphatic carbocycles. The van der Waals surface area contributed by atoms with Crippen LogP contribution in [0.4, 0.5) is 11.4 Å². The first-order chi connectivity index (χ1) is 31.6. The van der Waals surface area contributed by atoms with Crippen LogP contribution in [-0.2, 0) is 41.6 Å². The molecule has 0 aromatic heterocycles. The predicted molar refractivity (Wildman–Crippen MR) is 244 cm³/mol. The van der Waals surface area contributed by atoms with E-state index in [0.717, 1.165) is 0 Å². The van der Waals surface area contributed by atoms with Crippen molar-refractivity contribution < 1.29 is 38.6 Å². The van der Waals surface area contributed by atoms with E-state index in [0.29, 0.717) is 49.7 Å². The molecule has 0 radical (unpaired) electrons. The summed E-state index contributed by atoms with van der Waals surface area (Å²) in [7, 11) is 0. The van der Waals surface area contributed by atoms with Gasteiger partial charge in [0.2, 0.25) is 35.4 Å². The third-order valence-electron chi connectivity index (χ3n) is 10.8. The van der Waals surface area contributed by atoms with Gasteiger partial charge < -0.3 is 60.6 Å². The maximum atomic E-state index is 14.4. The summed E-state index contributed by atoms with van der Waals surface area (Å²) in [6.07, 6.45) is 2.39. The van der Waals surface area contributed by atoms with Crippen LogP contribution >= 0.6 is 0 Å². The minimum atomic E-state index is -1.42. The summed E-state index contributed by atoms with van der Waals surface area (Å²) in [5.74, 6) is -4.97. The second-order valence-corrected chi connectivity index (χ2v) is 15.9. The molecule has 0 spiro atoms. The van der Waals surface area contributed by atoms with Crippen LogP contribution in [-0.4, -0.2) is 114 Å². The monoisotopic (exact) mass is 924 g/mol. The van der Waals surface area contributed by atoms with Gasteiger partial charge in [-0.05, 0) is 101 Å². The Morgan fingerprint density at radius 1 is 0.455 bits per heavy atom. The molecule has 1 heterocycles. The lowest BCUT2D eigenvalue weighted by Crippen LogP contribution is -2.62. The normalized spacial score (nSPS) is 21.1. The number of hydrogen-bond donors (Lipinski definition) is 11. The Labute approximate surface area is 382 Å². The number of nitrogens with zero attached hydrogens (tertiary/aromatic N) is 3. The molecular weight excluding hydrogens is 861 g/mol. The van der Waals surface area contributed by atoms with E-state index < -0.39 is 81.5 Å². The Morgan fingerprint density at radius 3 is 1.00 bits per heavy atom. The van der Waals surface area contributed by atoms with E-state index in [1.807, 2.05) is 0 Å². The van der Waals surface area contributed by atoms with Gasteiger partial charge in [-0.15, -0.1) is 0 Å². The lowest BCUT2D eigenvalue weighted by atomic mass is 10.00. The molecule has 3 rings (SSSR count). The number of carbonyl (C=O) groups excluding carboxylic acids is 6. The zero-order valence-corrected chi connectivity index (χ0v) is 36.9. The summed E-state index contributed by atoms with van der Waals surface area (Å²) in [5.41, 5.74) is 28.6. The minimum absolute atomic E-state index is 0.0233. The molecular formula is C42H64N14O10. The number of rotatable bonds is 22. The standard InChI is InChI=1S/C42H64N14O10/c43-20-4-1-8-30-36(57)50-33(11-7-23-48-42(46)47)37(58)49-31(9-2-5-21-44)38(59)53-35(25-27-14-18-29(19-15-27)56(65)66)41(62)52-32(10-3-6-22-45)39(60)54-34(40(61)51-30)24-26-12-16-28(17-13-26)55(63)64/h12-19,30-35H,1-11,20-25,43-45H2,(H,49,58)(H,50,57)(H,51,61)(H,52,62)(H,53,59)(H,54,60)(H4,46,47,48)/t30-,31-,32-,33-,34-,35-/m0/s1. The SMILES string of the molecule is NCCCC[C@@H]1NC(=O)[C@H](CCCN=C(N)N)NC(=O)[C@H](CCCCN)NC(=O)[C@H](Cc2ccc([N+](=O)[O-])cc2)NC(=O)[C@H](CCCCN)NC(=O)[C@H](Cc2ccc([N+](=O)[O-])cc2)NC1=O. The van der Waals surface area contributed by atoms with Gasteiger partial charge in [0.25, 0.3) is 11.4 Å². The molecule has 6 amide bonds. The highest BCUT2D eigenvalue weighted by Gasteiger charge is 2.35. The molecule has 362 valence electrons. The van der Waals surface area contributed by atoms with Crippen LogP contribution in [0.3, 0.4) is 0 Å². The third-order valence-corrected chi connectivity index (χ3v) is 10.8. The Hall–Kier alpha value is -6.79. The van der Waals surface area contributed by atoms with E-state index in [2.05, 4.69) is 36.9 Å². The van der Waals surface area contributed by atoms with Crippen LogP contribution in [0.2, 0.25) is 0 Å². The number of nitro benzene ring substituents is 2. The second kappa shape index (κ2) is 28.2. The van der Waals surface area contributed by atoms with Crippen molar-refractivity contribution in [2.24, 2.45) is 33.7 Å². The van der Waals surface area contributed by atoms with Crippen molar-refractivity contribution in [1.29, 1.82) is 0 Å². The lowest BCUT2D eigenvalue weighted by Gasteiger charge is -2.29. The highest BCUT2D eigenvalue weighted by Crippen LogP contribution is 2.17. The Bertz CT molecular complexity index is 1920. The maximum Gasteiger partial charge on any atom is 0.269 e. The number of benzene rings is 2. The van der Waals surface area contributed by atoms with Crippen LogP contribution in [0.1, 0.15) is 81.8 Å². The van der Waals surface area contributed by atoms with Crippen LogP contribution in [0.5, 0.6) is 0 Å². The first-order valence-electron chi connectivity index (χ1n) is 22.0. The van der Waals surface area contributed by atoms with Gasteiger partial charge in [-0.3, -0.25) is 54.0 Å². The number of nitro groups is 2. The zero-order chi connectivity index (χ0) is 48.6. The molecule has 24 nitrogen and oxygen atoms in total. The van der Waals surface area contributed by atoms with E-state index in [4.69, 9.17) is 28.7 Å². The topological polar surface area (TPSA) is 403 Å². The van der Waals surface area contributed by atoms with Gasteiger partial charge in [0, 0.05) is 43.7 Å². The van der Waals surface area contributed by atoms with Crippen LogP contribution < -0.4 is 60.6 Å². The third kappa shape index (κ3) is 18.4. The van der Waals surface area contributed by atoms with Gasteiger partial charge in [0.15, 0.2) is 5.96 Å². The van der Waals surface area contributed by atoms with Crippen LogP contribution in [0, 0.1) is 20.2 Å². The van der Waals surface area contributed by atoms with E-state index in [-0.39, 0.29) is 88.5 Å². The molecule has 0 saturated carbocycles. The van der Waals surface area contributed by atoms with Crippen molar-refractivity contribution in [3.05, 3.63) is 79.9 Å². The molecule has 6 atom stereocenters. The summed E-state index contributed by atoms with van der Waals surface area (Å²) in [6.45, 7) is 0.886. The number of nitrogens with one attached hydrogen (secondary N) is 6. The number of non-ortho nitro benzene ring substituents is 2. The summed E-state index contributed by atoms with van der Waals surface area (Å²) >= 11 is 0. The van der Waals surface area contributed by atoms with Gasteiger partial charge in [-0.1, -0.05) is 24.3 Å². The minimum Gasteiger partial charge on any atom is -0.370 e. The number of nitrogens with two attached hydrogens (primary N) is 5. The Morgan fingerprint density at radius 2 is 0.727 bits per heavy atom.